The Hall–Kier alpha value is -2.89. The largest absolute Gasteiger partial charge is 0.486 e. The summed E-state index contributed by atoms with van der Waals surface area (Å²) in [6, 6.07) is 11.9. The number of ether oxygens (including phenoxy) is 4. The highest BCUT2D eigenvalue weighted by Crippen LogP contribution is 2.45. The Kier molecular flexibility index (Phi) is 4.93. The molecule has 30 heavy (non-hydrogen) atoms. The smallest absolute Gasteiger partial charge is 0.233 e. The van der Waals surface area contributed by atoms with Crippen LogP contribution in [0.25, 0.3) is 0 Å². The van der Waals surface area contributed by atoms with Gasteiger partial charge in [0.15, 0.2) is 23.0 Å². The van der Waals surface area contributed by atoms with Crippen LogP contribution in [0.15, 0.2) is 36.4 Å². The molecule has 5 rings (SSSR count). The second kappa shape index (κ2) is 7.74. The van der Waals surface area contributed by atoms with Crippen molar-refractivity contribution in [1.82, 2.24) is 4.90 Å². The molecule has 0 saturated heterocycles. The number of nitrogens with zero attached hydrogens (tertiary/aromatic N) is 1. The number of hydrogen-bond donors (Lipinski definition) is 0. The van der Waals surface area contributed by atoms with E-state index >= 15 is 0 Å². The number of hydrogen-bond acceptors (Lipinski definition) is 5. The third kappa shape index (κ3) is 3.34. The van der Waals surface area contributed by atoms with E-state index in [0.717, 1.165) is 59.8 Å². The summed E-state index contributed by atoms with van der Waals surface area (Å²) in [6.07, 6.45) is 3.82. The predicted octanol–water partition coefficient (Wildman–Crippen LogP) is 3.70. The zero-order chi connectivity index (χ0) is 20.6. The Morgan fingerprint density at radius 3 is 2.07 bits per heavy atom. The molecule has 1 amide bonds. The van der Waals surface area contributed by atoms with E-state index in [1.54, 1.807) is 0 Å². The summed E-state index contributed by atoms with van der Waals surface area (Å²) in [6.45, 7) is 2.76. The predicted molar refractivity (Wildman–Crippen MR) is 111 cm³/mol. The number of rotatable bonds is 4. The lowest BCUT2D eigenvalue weighted by atomic mass is 9.77. The molecule has 158 valence electrons. The van der Waals surface area contributed by atoms with Gasteiger partial charge in [-0.25, -0.2) is 0 Å². The molecule has 2 aromatic rings. The third-order valence-corrected chi connectivity index (χ3v) is 6.33. The summed E-state index contributed by atoms with van der Waals surface area (Å²) >= 11 is 0. The lowest BCUT2D eigenvalue weighted by molar-refractivity contribution is -0.136. The van der Waals surface area contributed by atoms with Crippen molar-refractivity contribution >= 4 is 5.91 Å². The van der Waals surface area contributed by atoms with Gasteiger partial charge in [-0.05, 0) is 48.2 Å². The molecule has 2 heterocycles. The van der Waals surface area contributed by atoms with E-state index in [1.165, 1.54) is 0 Å². The SMILES string of the molecule is CN(Cc1ccc2c(c1)OCCO2)C(=O)C1(c2ccc3c(c2)OCCO3)CCCC1. The Morgan fingerprint density at radius 1 is 0.833 bits per heavy atom. The molecule has 0 unspecified atom stereocenters. The van der Waals surface area contributed by atoms with Crippen molar-refractivity contribution in [2.24, 2.45) is 0 Å². The molecule has 1 aliphatic carbocycles. The van der Waals surface area contributed by atoms with Gasteiger partial charge in [-0.2, -0.15) is 0 Å². The fraction of sp³-hybridized carbons (Fsp3) is 0.458. The lowest BCUT2D eigenvalue weighted by Gasteiger charge is -2.34. The van der Waals surface area contributed by atoms with Crippen LogP contribution in [-0.4, -0.2) is 44.3 Å². The average molecular weight is 409 g/mol. The highest BCUT2D eigenvalue weighted by molar-refractivity contribution is 5.88. The fourth-order valence-corrected chi connectivity index (χ4v) is 4.84. The van der Waals surface area contributed by atoms with Crippen LogP contribution >= 0.6 is 0 Å². The number of amides is 1. The van der Waals surface area contributed by atoms with Crippen molar-refractivity contribution in [3.05, 3.63) is 47.5 Å². The second-order valence-corrected chi connectivity index (χ2v) is 8.29. The molecule has 0 atom stereocenters. The minimum atomic E-state index is -0.502. The van der Waals surface area contributed by atoms with Crippen molar-refractivity contribution in [3.63, 3.8) is 0 Å². The Morgan fingerprint density at radius 2 is 1.40 bits per heavy atom. The molecule has 0 bridgehead atoms. The number of benzene rings is 2. The lowest BCUT2D eigenvalue weighted by Crippen LogP contribution is -2.43. The molecule has 1 fully saturated rings. The highest BCUT2D eigenvalue weighted by atomic mass is 16.6. The molecular formula is C24H27NO5. The molecular weight excluding hydrogens is 382 g/mol. The van der Waals surface area contributed by atoms with E-state index in [0.29, 0.717) is 33.0 Å². The molecule has 0 spiro atoms. The van der Waals surface area contributed by atoms with Gasteiger partial charge >= 0.3 is 0 Å². The summed E-state index contributed by atoms with van der Waals surface area (Å²) in [4.78, 5) is 15.6. The fourth-order valence-electron chi connectivity index (χ4n) is 4.84. The molecule has 3 aliphatic rings. The number of fused-ring (bicyclic) bond motifs is 2. The zero-order valence-electron chi connectivity index (χ0n) is 17.3. The zero-order valence-corrected chi connectivity index (χ0v) is 17.3. The van der Waals surface area contributed by atoms with Crippen molar-refractivity contribution in [2.45, 2.75) is 37.6 Å². The van der Waals surface area contributed by atoms with E-state index in [-0.39, 0.29) is 5.91 Å². The average Bonchev–Trinajstić information content (AvgIpc) is 3.29. The van der Waals surface area contributed by atoms with Crippen LogP contribution in [0.1, 0.15) is 36.8 Å². The summed E-state index contributed by atoms with van der Waals surface area (Å²) in [5.41, 5.74) is 1.56. The number of carbonyl (C=O) groups is 1. The van der Waals surface area contributed by atoms with Crippen LogP contribution in [-0.2, 0) is 16.8 Å². The van der Waals surface area contributed by atoms with Gasteiger partial charge in [0, 0.05) is 13.6 Å². The van der Waals surface area contributed by atoms with Gasteiger partial charge < -0.3 is 23.8 Å². The molecule has 0 aromatic heterocycles. The van der Waals surface area contributed by atoms with Crippen LogP contribution in [0.5, 0.6) is 23.0 Å². The monoisotopic (exact) mass is 409 g/mol. The van der Waals surface area contributed by atoms with E-state index in [4.69, 9.17) is 18.9 Å². The Balaban J connectivity index is 1.39. The Bertz CT molecular complexity index is 951. The van der Waals surface area contributed by atoms with Crippen LogP contribution < -0.4 is 18.9 Å². The topological polar surface area (TPSA) is 57.2 Å². The van der Waals surface area contributed by atoms with Gasteiger partial charge in [-0.15, -0.1) is 0 Å². The summed E-state index contributed by atoms with van der Waals surface area (Å²) in [5.74, 6) is 3.18. The van der Waals surface area contributed by atoms with Gasteiger partial charge in [-0.1, -0.05) is 25.0 Å². The van der Waals surface area contributed by atoms with Gasteiger partial charge in [0.1, 0.15) is 26.4 Å². The van der Waals surface area contributed by atoms with Crippen molar-refractivity contribution < 1.29 is 23.7 Å². The molecule has 0 radical (unpaired) electrons. The van der Waals surface area contributed by atoms with E-state index in [9.17, 15) is 4.79 Å². The number of likely N-dealkylation sites (N-methyl/N-ethyl adjacent to an activating group) is 1. The van der Waals surface area contributed by atoms with Crippen LogP contribution in [0.2, 0.25) is 0 Å². The van der Waals surface area contributed by atoms with E-state index in [2.05, 4.69) is 0 Å². The molecule has 2 aromatic carbocycles. The summed E-state index contributed by atoms with van der Waals surface area (Å²) < 4.78 is 22.7. The van der Waals surface area contributed by atoms with Crippen molar-refractivity contribution in [2.75, 3.05) is 33.5 Å². The van der Waals surface area contributed by atoms with Crippen LogP contribution in [0, 0.1) is 0 Å². The standard InChI is InChI=1S/C24H27NO5/c1-25(16-17-4-6-19-21(14-17)29-12-10-27-19)23(26)24(8-2-3-9-24)18-5-7-20-22(15-18)30-13-11-28-20/h4-7,14-15H,2-3,8-13,16H2,1H3. The van der Waals surface area contributed by atoms with E-state index in [1.807, 2.05) is 48.3 Å². The third-order valence-electron chi connectivity index (χ3n) is 6.33. The Labute approximate surface area is 176 Å². The minimum Gasteiger partial charge on any atom is -0.486 e. The van der Waals surface area contributed by atoms with Crippen LogP contribution in [0.4, 0.5) is 0 Å². The number of carbonyl (C=O) groups excluding carboxylic acids is 1. The second-order valence-electron chi connectivity index (χ2n) is 8.29. The molecule has 1 saturated carbocycles. The molecule has 2 aliphatic heterocycles. The highest BCUT2D eigenvalue weighted by Gasteiger charge is 2.44. The molecule has 0 N–H and O–H groups in total. The van der Waals surface area contributed by atoms with Gasteiger partial charge in [0.2, 0.25) is 5.91 Å². The van der Waals surface area contributed by atoms with Gasteiger partial charge in [0.05, 0.1) is 5.41 Å². The summed E-state index contributed by atoms with van der Waals surface area (Å²) in [5, 5.41) is 0. The quantitative estimate of drug-likeness (QED) is 0.771. The van der Waals surface area contributed by atoms with Crippen molar-refractivity contribution in [3.8, 4) is 23.0 Å². The first-order valence-corrected chi connectivity index (χ1v) is 10.7. The van der Waals surface area contributed by atoms with Crippen LogP contribution in [0.3, 0.4) is 0 Å². The maximum Gasteiger partial charge on any atom is 0.233 e. The van der Waals surface area contributed by atoms with E-state index < -0.39 is 5.41 Å². The van der Waals surface area contributed by atoms with Gasteiger partial charge in [0.25, 0.3) is 0 Å². The normalized spacial score (nSPS) is 18.7. The first kappa shape index (κ1) is 19.1. The molecule has 6 nitrogen and oxygen atoms in total. The first-order valence-electron chi connectivity index (χ1n) is 10.7. The maximum atomic E-state index is 13.7. The molecule has 6 heteroatoms. The van der Waals surface area contributed by atoms with Gasteiger partial charge in [-0.3, -0.25) is 4.79 Å². The minimum absolute atomic E-state index is 0.159. The maximum absolute atomic E-state index is 13.7. The first-order chi connectivity index (χ1) is 14.7. The summed E-state index contributed by atoms with van der Waals surface area (Å²) in [7, 11) is 1.89. The van der Waals surface area contributed by atoms with Crippen molar-refractivity contribution in [1.29, 1.82) is 0 Å².